The van der Waals surface area contributed by atoms with Crippen LogP contribution in [0.25, 0.3) is 0 Å². The molecule has 0 amide bonds. The first-order valence-corrected chi connectivity index (χ1v) is 6.87. The zero-order chi connectivity index (χ0) is 15.4. The van der Waals surface area contributed by atoms with E-state index in [9.17, 15) is 4.39 Å². The minimum absolute atomic E-state index is 0.0690. The van der Waals surface area contributed by atoms with Gasteiger partial charge in [0.15, 0.2) is 0 Å². The van der Waals surface area contributed by atoms with Crippen molar-refractivity contribution in [1.29, 1.82) is 0 Å². The molecule has 2 aromatic carbocycles. The summed E-state index contributed by atoms with van der Waals surface area (Å²) in [6, 6.07) is 11.5. The maximum Gasteiger partial charge on any atom is 0.132 e. The summed E-state index contributed by atoms with van der Waals surface area (Å²) in [6.07, 6.45) is 0.0690. The third kappa shape index (κ3) is 3.52. The summed E-state index contributed by atoms with van der Waals surface area (Å²) in [5.41, 5.74) is 7.34. The Morgan fingerprint density at radius 1 is 1.10 bits per heavy atom. The molecule has 4 heteroatoms. The molecular weight excluding hydrogens is 269 g/mol. The number of hydrogen-bond donors (Lipinski definition) is 1. The van der Waals surface area contributed by atoms with Gasteiger partial charge in [-0.3, -0.25) is 0 Å². The first kappa shape index (κ1) is 15.3. The number of benzene rings is 2. The van der Waals surface area contributed by atoms with E-state index in [-0.39, 0.29) is 11.9 Å². The molecule has 3 nitrogen and oxygen atoms in total. The molecule has 0 radical (unpaired) electrons. The lowest BCUT2D eigenvalue weighted by atomic mass is 9.98. The van der Waals surface area contributed by atoms with E-state index in [1.165, 1.54) is 13.2 Å². The Morgan fingerprint density at radius 2 is 1.81 bits per heavy atom. The van der Waals surface area contributed by atoms with Gasteiger partial charge >= 0.3 is 0 Å². The molecule has 0 heterocycles. The van der Waals surface area contributed by atoms with E-state index in [0.717, 1.165) is 5.56 Å². The summed E-state index contributed by atoms with van der Waals surface area (Å²) in [5.74, 6) is 0.781. The van der Waals surface area contributed by atoms with Crippen LogP contribution >= 0.6 is 0 Å². The van der Waals surface area contributed by atoms with E-state index in [1.807, 2.05) is 38.1 Å². The average molecular weight is 289 g/mol. The molecule has 0 aliphatic rings. The molecule has 1 atom stereocenters. The smallest absolute Gasteiger partial charge is 0.132 e. The molecule has 2 aromatic rings. The van der Waals surface area contributed by atoms with Crippen LogP contribution in [0, 0.1) is 5.82 Å². The van der Waals surface area contributed by atoms with Gasteiger partial charge in [0.1, 0.15) is 17.3 Å². The van der Waals surface area contributed by atoms with Gasteiger partial charge in [0.05, 0.1) is 24.8 Å². The monoisotopic (exact) mass is 289 g/mol. The molecule has 0 spiro atoms. The number of hydrogen-bond acceptors (Lipinski definition) is 3. The summed E-state index contributed by atoms with van der Waals surface area (Å²) >= 11 is 0. The zero-order valence-corrected chi connectivity index (χ0v) is 12.5. The number of halogens is 1. The highest BCUT2D eigenvalue weighted by molar-refractivity contribution is 5.43. The second-order valence-corrected chi connectivity index (χ2v) is 5.07. The molecule has 0 fully saturated rings. The van der Waals surface area contributed by atoms with Crippen LogP contribution in [0.2, 0.25) is 0 Å². The van der Waals surface area contributed by atoms with Crippen LogP contribution in [0.1, 0.15) is 31.0 Å². The van der Waals surface area contributed by atoms with Gasteiger partial charge in [-0.15, -0.1) is 0 Å². The van der Waals surface area contributed by atoms with Gasteiger partial charge < -0.3 is 15.2 Å². The van der Waals surface area contributed by atoms with Gasteiger partial charge in [-0.2, -0.15) is 0 Å². The fourth-order valence-corrected chi connectivity index (χ4v) is 2.22. The topological polar surface area (TPSA) is 44.5 Å². The van der Waals surface area contributed by atoms with E-state index in [0.29, 0.717) is 17.1 Å². The fourth-order valence-electron chi connectivity index (χ4n) is 2.22. The van der Waals surface area contributed by atoms with Crippen molar-refractivity contribution in [1.82, 2.24) is 0 Å². The minimum atomic E-state index is -0.614. The van der Waals surface area contributed by atoms with E-state index >= 15 is 0 Å². The molecule has 2 N–H and O–H groups in total. The predicted molar refractivity (Wildman–Crippen MR) is 81.2 cm³/mol. The minimum Gasteiger partial charge on any atom is -0.496 e. The van der Waals surface area contributed by atoms with E-state index in [1.54, 1.807) is 12.1 Å². The molecule has 0 saturated heterocycles. The van der Waals surface area contributed by atoms with Crippen molar-refractivity contribution in [3.63, 3.8) is 0 Å². The van der Waals surface area contributed by atoms with Gasteiger partial charge in [-0.1, -0.05) is 18.2 Å². The Bertz CT molecular complexity index is 613. The van der Waals surface area contributed by atoms with Gasteiger partial charge in [0.25, 0.3) is 0 Å². The molecule has 0 aliphatic carbocycles. The fraction of sp³-hybridized carbons (Fsp3) is 0.294. The number of rotatable bonds is 5. The van der Waals surface area contributed by atoms with Crippen LogP contribution in [-0.4, -0.2) is 13.2 Å². The molecule has 0 saturated carbocycles. The normalized spacial score (nSPS) is 12.3. The van der Waals surface area contributed by atoms with Crippen LogP contribution in [0.3, 0.4) is 0 Å². The standard InChI is InChI=1S/C17H20FNO2/c1-11(2)21-13-7-4-6-12(10-13)17(19)16-14(18)8-5-9-15(16)20-3/h4-11,17H,19H2,1-3H3. The lowest BCUT2D eigenvalue weighted by Crippen LogP contribution is -2.15. The molecule has 1 unspecified atom stereocenters. The van der Waals surface area contributed by atoms with Crippen LogP contribution in [0.5, 0.6) is 11.5 Å². The zero-order valence-electron chi connectivity index (χ0n) is 12.5. The Hall–Kier alpha value is -2.07. The number of ether oxygens (including phenoxy) is 2. The van der Waals surface area contributed by atoms with Crippen molar-refractivity contribution in [3.05, 3.63) is 59.4 Å². The lowest BCUT2D eigenvalue weighted by molar-refractivity contribution is 0.242. The predicted octanol–water partition coefficient (Wildman–Crippen LogP) is 3.67. The Labute approximate surface area is 124 Å². The van der Waals surface area contributed by atoms with E-state index in [2.05, 4.69) is 0 Å². The SMILES string of the molecule is COc1cccc(F)c1C(N)c1cccc(OC(C)C)c1. The van der Waals surface area contributed by atoms with Gasteiger partial charge in [-0.05, 0) is 43.7 Å². The van der Waals surface area contributed by atoms with Crippen LogP contribution in [0.4, 0.5) is 4.39 Å². The van der Waals surface area contributed by atoms with Crippen molar-refractivity contribution >= 4 is 0 Å². The summed E-state index contributed by atoms with van der Waals surface area (Å²) in [6.45, 7) is 3.90. The highest BCUT2D eigenvalue weighted by atomic mass is 19.1. The van der Waals surface area contributed by atoms with Crippen LogP contribution < -0.4 is 15.2 Å². The second-order valence-electron chi connectivity index (χ2n) is 5.07. The maximum absolute atomic E-state index is 14.1. The van der Waals surface area contributed by atoms with Crippen LogP contribution in [0.15, 0.2) is 42.5 Å². The average Bonchev–Trinajstić information content (AvgIpc) is 2.45. The first-order valence-electron chi connectivity index (χ1n) is 6.87. The van der Waals surface area contributed by atoms with Gasteiger partial charge in [-0.25, -0.2) is 4.39 Å². The lowest BCUT2D eigenvalue weighted by Gasteiger charge is -2.18. The number of methoxy groups -OCH3 is 1. The molecule has 2 rings (SSSR count). The highest BCUT2D eigenvalue weighted by Gasteiger charge is 2.19. The van der Waals surface area contributed by atoms with Crippen molar-refractivity contribution in [3.8, 4) is 11.5 Å². The summed E-state index contributed by atoms with van der Waals surface area (Å²) in [4.78, 5) is 0. The maximum atomic E-state index is 14.1. The van der Waals surface area contributed by atoms with Gasteiger partial charge in [0, 0.05) is 0 Å². The third-order valence-electron chi connectivity index (χ3n) is 3.13. The largest absolute Gasteiger partial charge is 0.496 e. The quantitative estimate of drug-likeness (QED) is 0.913. The molecule has 21 heavy (non-hydrogen) atoms. The summed E-state index contributed by atoms with van der Waals surface area (Å²) < 4.78 is 25.0. The number of nitrogens with two attached hydrogens (primary N) is 1. The summed E-state index contributed by atoms with van der Waals surface area (Å²) in [5, 5.41) is 0. The third-order valence-corrected chi connectivity index (χ3v) is 3.13. The Morgan fingerprint density at radius 3 is 2.48 bits per heavy atom. The van der Waals surface area contributed by atoms with E-state index < -0.39 is 6.04 Å². The first-order chi connectivity index (χ1) is 10.0. The molecule has 0 bridgehead atoms. The Balaban J connectivity index is 2.38. The van der Waals surface area contributed by atoms with Crippen molar-refractivity contribution in [2.45, 2.75) is 26.0 Å². The molecular formula is C17H20FNO2. The summed E-state index contributed by atoms with van der Waals surface area (Å²) in [7, 11) is 1.50. The van der Waals surface area contributed by atoms with E-state index in [4.69, 9.17) is 15.2 Å². The van der Waals surface area contributed by atoms with Crippen molar-refractivity contribution in [2.75, 3.05) is 7.11 Å². The molecule has 0 aliphatic heterocycles. The highest BCUT2D eigenvalue weighted by Crippen LogP contribution is 2.31. The van der Waals surface area contributed by atoms with Crippen LogP contribution in [-0.2, 0) is 0 Å². The molecule has 0 aromatic heterocycles. The van der Waals surface area contributed by atoms with Crippen molar-refractivity contribution < 1.29 is 13.9 Å². The van der Waals surface area contributed by atoms with Crippen molar-refractivity contribution in [2.24, 2.45) is 5.73 Å². The van der Waals surface area contributed by atoms with Gasteiger partial charge in [0.2, 0.25) is 0 Å². The second kappa shape index (κ2) is 6.59. The Kier molecular flexibility index (Phi) is 4.81. The molecule has 112 valence electrons.